The smallest absolute Gasteiger partial charge is 0.328 e. The first-order valence-electron chi connectivity index (χ1n) is 12.0. The van der Waals surface area contributed by atoms with Gasteiger partial charge in [-0.1, -0.05) is 43.3 Å². The average Bonchev–Trinajstić information content (AvgIpc) is 3.42. The number of aromatic amines is 1. The molecule has 0 atom stereocenters. The number of benzene rings is 3. The van der Waals surface area contributed by atoms with Crippen LogP contribution in [0.25, 0.3) is 28.1 Å². The van der Waals surface area contributed by atoms with Crippen molar-refractivity contribution in [2.45, 2.75) is 13.3 Å². The number of H-pyrrole nitrogens is 1. The molecule has 0 aliphatic heterocycles. The Bertz CT molecular complexity index is 1660. The van der Waals surface area contributed by atoms with Crippen molar-refractivity contribution in [3.05, 3.63) is 119 Å². The molecular formula is C30H23FN4O3. The summed E-state index contributed by atoms with van der Waals surface area (Å²) >= 11 is 0. The first-order valence-corrected chi connectivity index (χ1v) is 12.0. The van der Waals surface area contributed by atoms with Gasteiger partial charge in [-0.05, 0) is 70.7 Å². The lowest BCUT2D eigenvalue weighted by molar-refractivity contribution is -0.131. The summed E-state index contributed by atoms with van der Waals surface area (Å²) in [6.45, 7) is 2.02. The molecule has 38 heavy (non-hydrogen) atoms. The van der Waals surface area contributed by atoms with Crippen molar-refractivity contribution in [1.29, 1.82) is 0 Å². The summed E-state index contributed by atoms with van der Waals surface area (Å²) in [5.41, 5.74) is 5.03. The van der Waals surface area contributed by atoms with Crippen LogP contribution in [0.3, 0.4) is 0 Å². The van der Waals surface area contributed by atoms with Crippen LogP contribution in [0, 0.1) is 5.82 Å². The lowest BCUT2D eigenvalue weighted by Crippen LogP contribution is -1.99. The molecule has 7 nitrogen and oxygen atoms in total. The first-order chi connectivity index (χ1) is 18.5. The van der Waals surface area contributed by atoms with Gasteiger partial charge in [0.05, 0.1) is 17.1 Å². The van der Waals surface area contributed by atoms with Gasteiger partial charge in [0.2, 0.25) is 0 Å². The van der Waals surface area contributed by atoms with E-state index in [0.717, 1.165) is 33.9 Å². The highest BCUT2D eigenvalue weighted by molar-refractivity contribution is 6.01. The van der Waals surface area contributed by atoms with Crippen LogP contribution in [0.15, 0.2) is 91.4 Å². The highest BCUT2D eigenvalue weighted by atomic mass is 19.1. The normalized spacial score (nSPS) is 12.1. The van der Waals surface area contributed by atoms with Crippen LogP contribution in [-0.4, -0.2) is 31.2 Å². The molecule has 5 aromatic rings. The largest absolute Gasteiger partial charge is 0.478 e. The van der Waals surface area contributed by atoms with Crippen LogP contribution in [0.1, 0.15) is 35.6 Å². The predicted octanol–water partition coefficient (Wildman–Crippen LogP) is 6.75. The molecule has 0 unspecified atom stereocenters. The fraction of sp³-hybridized carbons (Fsp3) is 0.0667. The molecule has 5 rings (SSSR count). The minimum absolute atomic E-state index is 0.230. The van der Waals surface area contributed by atoms with Gasteiger partial charge >= 0.3 is 12.0 Å². The number of aliphatic carboxylic acids is 1. The predicted molar refractivity (Wildman–Crippen MR) is 144 cm³/mol. The minimum Gasteiger partial charge on any atom is -0.478 e. The molecule has 0 spiro atoms. The van der Waals surface area contributed by atoms with Crippen LogP contribution >= 0.6 is 0 Å². The third-order valence-corrected chi connectivity index (χ3v) is 6.03. The lowest BCUT2D eigenvalue weighted by atomic mass is 9.87. The molecule has 0 fully saturated rings. The van der Waals surface area contributed by atoms with E-state index in [1.165, 1.54) is 12.3 Å². The Balaban J connectivity index is 1.67. The summed E-state index contributed by atoms with van der Waals surface area (Å²) in [5.74, 6) is -0.850. The average molecular weight is 507 g/mol. The molecule has 8 heteroatoms. The van der Waals surface area contributed by atoms with Gasteiger partial charge in [-0.2, -0.15) is 5.10 Å². The number of ether oxygens (including phenoxy) is 1. The quantitative estimate of drug-likeness (QED) is 0.178. The Kier molecular flexibility index (Phi) is 7.04. The van der Waals surface area contributed by atoms with Gasteiger partial charge in [-0.25, -0.2) is 19.2 Å². The number of hydrogen-bond donors (Lipinski definition) is 2. The standard InChI is InChI=1S/C30H23FN4O3/c1-2-23(21-5-3-6-22(17-21)38-30-32-15-4-16-33-30)28(20-10-7-19(8-11-20)9-14-27(36)37)24-12-13-26-25(29(24)31)18-34-35-26/h3-18H,2H2,1H3,(H,34,35)(H,36,37). The van der Waals surface area contributed by atoms with E-state index >= 15 is 4.39 Å². The highest BCUT2D eigenvalue weighted by Gasteiger charge is 2.19. The van der Waals surface area contributed by atoms with Crippen molar-refractivity contribution >= 4 is 34.1 Å². The van der Waals surface area contributed by atoms with Crippen LogP contribution < -0.4 is 4.74 Å². The van der Waals surface area contributed by atoms with E-state index in [9.17, 15) is 4.79 Å². The zero-order valence-corrected chi connectivity index (χ0v) is 20.4. The van der Waals surface area contributed by atoms with Crippen molar-refractivity contribution < 1.29 is 19.0 Å². The number of nitrogens with zero attached hydrogens (tertiary/aromatic N) is 3. The molecule has 2 N–H and O–H groups in total. The van der Waals surface area contributed by atoms with Crippen LogP contribution in [0.5, 0.6) is 11.8 Å². The highest BCUT2D eigenvalue weighted by Crippen LogP contribution is 2.38. The van der Waals surface area contributed by atoms with E-state index in [-0.39, 0.29) is 11.8 Å². The third kappa shape index (κ3) is 5.19. The number of fused-ring (bicyclic) bond motifs is 1. The van der Waals surface area contributed by atoms with Gasteiger partial charge in [0, 0.05) is 24.0 Å². The Hall–Kier alpha value is -5.11. The van der Waals surface area contributed by atoms with E-state index in [1.807, 2.05) is 61.5 Å². The number of nitrogens with one attached hydrogen (secondary N) is 1. The monoisotopic (exact) mass is 506 g/mol. The van der Waals surface area contributed by atoms with Crippen molar-refractivity contribution in [1.82, 2.24) is 20.2 Å². The lowest BCUT2D eigenvalue weighted by Gasteiger charge is -2.18. The Morgan fingerprint density at radius 2 is 1.82 bits per heavy atom. The fourth-order valence-corrected chi connectivity index (χ4v) is 4.31. The summed E-state index contributed by atoms with van der Waals surface area (Å²) in [6.07, 6.45) is 7.88. The molecule has 2 aromatic heterocycles. The van der Waals surface area contributed by atoms with E-state index < -0.39 is 5.97 Å². The number of carbonyl (C=O) groups is 1. The zero-order valence-electron chi connectivity index (χ0n) is 20.4. The third-order valence-electron chi connectivity index (χ3n) is 6.03. The molecule has 2 heterocycles. The number of aromatic nitrogens is 4. The molecule has 0 amide bonds. The SMILES string of the molecule is CCC(=C(c1ccc(C=CC(=O)O)cc1)c1ccc2[nH]ncc2c1F)c1cccc(Oc2ncccn2)c1. The summed E-state index contributed by atoms with van der Waals surface area (Å²) < 4.78 is 21.7. The second kappa shape index (κ2) is 10.9. The number of rotatable bonds is 8. The molecule has 0 saturated carbocycles. The van der Waals surface area contributed by atoms with Gasteiger partial charge in [0.15, 0.2) is 0 Å². The van der Waals surface area contributed by atoms with Gasteiger partial charge in [-0.3, -0.25) is 5.10 Å². The van der Waals surface area contributed by atoms with Gasteiger partial charge in [0.1, 0.15) is 11.6 Å². The molecule has 188 valence electrons. The van der Waals surface area contributed by atoms with Gasteiger partial charge in [0.25, 0.3) is 0 Å². The van der Waals surface area contributed by atoms with Crippen molar-refractivity contribution in [3.63, 3.8) is 0 Å². The van der Waals surface area contributed by atoms with Crippen LogP contribution in [0.4, 0.5) is 4.39 Å². The molecule has 3 aromatic carbocycles. The molecular weight excluding hydrogens is 483 g/mol. The second-order valence-corrected chi connectivity index (χ2v) is 8.42. The molecule has 0 radical (unpaired) electrons. The van der Waals surface area contributed by atoms with Crippen molar-refractivity contribution in [2.75, 3.05) is 0 Å². The molecule has 0 aliphatic carbocycles. The number of carboxylic acid groups (broad SMARTS) is 1. The second-order valence-electron chi connectivity index (χ2n) is 8.42. The maximum Gasteiger partial charge on any atom is 0.328 e. The van der Waals surface area contributed by atoms with Gasteiger partial charge < -0.3 is 9.84 Å². The first kappa shape index (κ1) is 24.6. The van der Waals surface area contributed by atoms with Crippen molar-refractivity contribution in [3.8, 4) is 11.8 Å². The number of carboxylic acids is 1. The van der Waals surface area contributed by atoms with Crippen LogP contribution in [-0.2, 0) is 4.79 Å². The Morgan fingerprint density at radius 3 is 2.55 bits per heavy atom. The molecule has 0 bridgehead atoms. The topological polar surface area (TPSA) is 101 Å². The minimum atomic E-state index is -1.03. The van der Waals surface area contributed by atoms with E-state index in [4.69, 9.17) is 9.84 Å². The number of allylic oxidation sites excluding steroid dienone is 1. The maximum atomic E-state index is 15.9. The van der Waals surface area contributed by atoms with Gasteiger partial charge in [-0.15, -0.1) is 0 Å². The van der Waals surface area contributed by atoms with E-state index in [0.29, 0.717) is 28.6 Å². The molecule has 0 aliphatic rings. The zero-order chi connectivity index (χ0) is 26.5. The summed E-state index contributed by atoms with van der Waals surface area (Å²) in [4.78, 5) is 19.2. The van der Waals surface area contributed by atoms with Crippen molar-refractivity contribution in [2.24, 2.45) is 0 Å². The van der Waals surface area contributed by atoms with E-state index in [1.54, 1.807) is 24.5 Å². The Morgan fingerprint density at radius 1 is 1.03 bits per heavy atom. The summed E-state index contributed by atoms with van der Waals surface area (Å²) in [5, 5.41) is 16.2. The Labute approximate surface area is 218 Å². The maximum absolute atomic E-state index is 15.9. The summed E-state index contributed by atoms with van der Waals surface area (Å²) in [6, 6.07) is 20.4. The van der Waals surface area contributed by atoms with E-state index in [2.05, 4.69) is 20.2 Å². The number of halogens is 1. The summed E-state index contributed by atoms with van der Waals surface area (Å²) in [7, 11) is 0. The fourth-order valence-electron chi connectivity index (χ4n) is 4.31. The molecule has 0 saturated heterocycles. The van der Waals surface area contributed by atoms with Crippen LogP contribution in [0.2, 0.25) is 0 Å². The number of hydrogen-bond acceptors (Lipinski definition) is 5.